The van der Waals surface area contributed by atoms with Gasteiger partial charge in [-0.2, -0.15) is 0 Å². The van der Waals surface area contributed by atoms with Crippen molar-refractivity contribution in [3.63, 3.8) is 0 Å². The lowest BCUT2D eigenvalue weighted by Gasteiger charge is -2.61. The lowest BCUT2D eigenvalue weighted by atomic mass is 9.65. The average molecular weight is 332 g/mol. The van der Waals surface area contributed by atoms with Gasteiger partial charge in [0.05, 0.1) is 5.71 Å². The fourth-order valence-corrected chi connectivity index (χ4v) is 2.90. The maximum absolute atomic E-state index is 12.3. The van der Waals surface area contributed by atoms with E-state index in [0.29, 0.717) is 11.5 Å². The maximum Gasteiger partial charge on any atom is 0.263 e. The second-order valence-corrected chi connectivity index (χ2v) is 7.44. The van der Waals surface area contributed by atoms with Gasteiger partial charge < -0.3 is 19.2 Å². The molecule has 6 heteroatoms. The molecule has 0 N–H and O–H groups in total. The van der Waals surface area contributed by atoms with Crippen molar-refractivity contribution < 1.29 is 19.1 Å². The number of likely N-dealkylation sites (tertiary alicyclic amines) is 1. The highest BCUT2D eigenvalue weighted by Crippen LogP contribution is 2.46. The Kier molecular flexibility index (Phi) is 3.94. The van der Waals surface area contributed by atoms with Gasteiger partial charge >= 0.3 is 0 Å². The largest absolute Gasteiger partial charge is 0.454 e. The molecule has 2 heterocycles. The molecule has 0 unspecified atom stereocenters. The van der Waals surface area contributed by atoms with E-state index >= 15 is 0 Å². The van der Waals surface area contributed by atoms with Crippen LogP contribution in [0.25, 0.3) is 0 Å². The van der Waals surface area contributed by atoms with E-state index in [0.717, 1.165) is 17.9 Å². The molecule has 130 valence electrons. The minimum absolute atomic E-state index is 0.0402. The SMILES string of the molecule is CC(=NOCC(=O)N1CC(C)(C)C1(C)C)c1ccc2c(c1)OCO2. The first-order chi connectivity index (χ1) is 11.2. The Labute approximate surface area is 142 Å². The molecule has 0 saturated carbocycles. The molecule has 0 aromatic heterocycles. The zero-order chi connectivity index (χ0) is 17.5. The summed E-state index contributed by atoms with van der Waals surface area (Å²) >= 11 is 0. The third-order valence-corrected chi connectivity index (χ3v) is 5.37. The number of benzene rings is 1. The van der Waals surface area contributed by atoms with Crippen LogP contribution >= 0.6 is 0 Å². The van der Waals surface area contributed by atoms with Crippen LogP contribution in [-0.2, 0) is 9.63 Å². The van der Waals surface area contributed by atoms with Crippen molar-refractivity contribution in [3.05, 3.63) is 23.8 Å². The highest BCUT2D eigenvalue weighted by Gasteiger charge is 2.54. The zero-order valence-electron chi connectivity index (χ0n) is 14.9. The first-order valence-electron chi connectivity index (χ1n) is 8.09. The Bertz CT molecular complexity index is 694. The van der Waals surface area contributed by atoms with Gasteiger partial charge in [-0.05, 0) is 39.0 Å². The summed E-state index contributed by atoms with van der Waals surface area (Å²) < 4.78 is 10.6. The van der Waals surface area contributed by atoms with Gasteiger partial charge in [-0.15, -0.1) is 0 Å². The van der Waals surface area contributed by atoms with Gasteiger partial charge in [-0.3, -0.25) is 4.79 Å². The molecule has 24 heavy (non-hydrogen) atoms. The van der Waals surface area contributed by atoms with Crippen molar-refractivity contribution in [3.8, 4) is 11.5 Å². The topological polar surface area (TPSA) is 60.4 Å². The number of rotatable bonds is 4. The van der Waals surface area contributed by atoms with E-state index < -0.39 is 0 Å². The molecule has 0 spiro atoms. The van der Waals surface area contributed by atoms with Crippen LogP contribution in [0.15, 0.2) is 23.4 Å². The molecule has 0 atom stereocenters. The van der Waals surface area contributed by atoms with Crippen LogP contribution in [0.3, 0.4) is 0 Å². The van der Waals surface area contributed by atoms with Gasteiger partial charge in [0.15, 0.2) is 18.1 Å². The number of nitrogens with zero attached hydrogens (tertiary/aromatic N) is 2. The Morgan fingerprint density at radius 2 is 1.96 bits per heavy atom. The summed E-state index contributed by atoms with van der Waals surface area (Å²) in [5.74, 6) is 1.38. The second-order valence-electron chi connectivity index (χ2n) is 7.44. The summed E-state index contributed by atoms with van der Waals surface area (Å²) in [6.45, 7) is 11.2. The van der Waals surface area contributed by atoms with Crippen molar-refractivity contribution in [2.24, 2.45) is 10.6 Å². The summed E-state index contributed by atoms with van der Waals surface area (Å²) in [5, 5.41) is 4.06. The predicted octanol–water partition coefficient (Wildman–Crippen LogP) is 2.80. The van der Waals surface area contributed by atoms with Crippen molar-refractivity contribution in [1.82, 2.24) is 4.90 Å². The molecular formula is C18H24N2O4. The fourth-order valence-electron chi connectivity index (χ4n) is 2.90. The number of carbonyl (C=O) groups excluding carboxylic acids is 1. The van der Waals surface area contributed by atoms with Gasteiger partial charge in [-0.1, -0.05) is 19.0 Å². The summed E-state index contributed by atoms with van der Waals surface area (Å²) in [6, 6.07) is 5.58. The lowest BCUT2D eigenvalue weighted by molar-refractivity contribution is -0.171. The summed E-state index contributed by atoms with van der Waals surface area (Å²) in [6.07, 6.45) is 0. The fraction of sp³-hybridized carbons (Fsp3) is 0.556. The molecule has 2 aliphatic heterocycles. The Morgan fingerprint density at radius 3 is 2.62 bits per heavy atom. The van der Waals surface area contributed by atoms with E-state index in [1.807, 2.05) is 30.0 Å². The van der Waals surface area contributed by atoms with Crippen LogP contribution in [0.4, 0.5) is 0 Å². The van der Waals surface area contributed by atoms with Crippen LogP contribution in [-0.4, -0.2) is 42.0 Å². The first-order valence-corrected chi connectivity index (χ1v) is 8.09. The van der Waals surface area contributed by atoms with Crippen LogP contribution < -0.4 is 9.47 Å². The number of hydrogen-bond acceptors (Lipinski definition) is 5. The number of ether oxygens (including phenoxy) is 2. The van der Waals surface area contributed by atoms with Crippen molar-refractivity contribution in [2.45, 2.75) is 40.2 Å². The van der Waals surface area contributed by atoms with E-state index in [2.05, 4.69) is 32.9 Å². The zero-order valence-corrected chi connectivity index (χ0v) is 14.9. The van der Waals surface area contributed by atoms with Gasteiger partial charge in [0.2, 0.25) is 6.79 Å². The highest BCUT2D eigenvalue weighted by atomic mass is 16.7. The van der Waals surface area contributed by atoms with Crippen LogP contribution in [0.5, 0.6) is 11.5 Å². The average Bonchev–Trinajstić information content (AvgIpc) is 2.99. The summed E-state index contributed by atoms with van der Waals surface area (Å²) in [4.78, 5) is 19.4. The van der Waals surface area contributed by atoms with Gasteiger partial charge in [0, 0.05) is 23.1 Å². The van der Waals surface area contributed by atoms with Crippen LogP contribution in [0.1, 0.15) is 40.2 Å². The van der Waals surface area contributed by atoms with Gasteiger partial charge in [-0.25, -0.2) is 0 Å². The third kappa shape index (κ3) is 2.70. The van der Waals surface area contributed by atoms with Crippen molar-refractivity contribution in [2.75, 3.05) is 19.9 Å². The van der Waals surface area contributed by atoms with Crippen molar-refractivity contribution >= 4 is 11.6 Å². The third-order valence-electron chi connectivity index (χ3n) is 5.37. The summed E-state index contributed by atoms with van der Waals surface area (Å²) in [7, 11) is 0. The monoisotopic (exact) mass is 332 g/mol. The number of amides is 1. The number of oxime groups is 1. The normalized spacial score (nSPS) is 20.5. The molecule has 1 aromatic carbocycles. The Morgan fingerprint density at radius 1 is 1.25 bits per heavy atom. The molecular weight excluding hydrogens is 308 g/mol. The minimum atomic E-state index is -0.163. The molecule has 0 aliphatic carbocycles. The van der Waals surface area contributed by atoms with E-state index in [9.17, 15) is 4.79 Å². The number of carbonyl (C=O) groups is 1. The number of fused-ring (bicyclic) bond motifs is 1. The molecule has 1 saturated heterocycles. The Balaban J connectivity index is 1.57. The molecule has 2 aliphatic rings. The van der Waals surface area contributed by atoms with Crippen molar-refractivity contribution in [1.29, 1.82) is 0 Å². The van der Waals surface area contributed by atoms with Gasteiger partial charge in [0.25, 0.3) is 5.91 Å². The molecule has 1 aromatic rings. The standard InChI is InChI=1S/C18H24N2O4/c1-12(13-6-7-14-15(8-13)23-11-22-14)19-24-9-16(21)20-10-17(2,3)18(20,4)5/h6-8H,9-11H2,1-5H3. The minimum Gasteiger partial charge on any atom is -0.454 e. The molecule has 0 radical (unpaired) electrons. The first kappa shape index (κ1) is 16.6. The lowest BCUT2D eigenvalue weighted by Crippen LogP contribution is -2.71. The smallest absolute Gasteiger partial charge is 0.263 e. The van der Waals surface area contributed by atoms with E-state index in [1.165, 1.54) is 0 Å². The number of hydrogen-bond donors (Lipinski definition) is 0. The maximum atomic E-state index is 12.3. The molecule has 0 bridgehead atoms. The molecule has 1 fully saturated rings. The molecule has 1 amide bonds. The highest BCUT2D eigenvalue weighted by molar-refractivity contribution is 5.99. The van der Waals surface area contributed by atoms with Crippen LogP contribution in [0, 0.1) is 5.41 Å². The Hall–Kier alpha value is -2.24. The summed E-state index contributed by atoms with van der Waals surface area (Å²) in [5.41, 5.74) is 1.51. The van der Waals surface area contributed by atoms with E-state index in [1.54, 1.807) is 0 Å². The quantitative estimate of drug-likeness (QED) is 0.628. The van der Waals surface area contributed by atoms with Crippen LogP contribution in [0.2, 0.25) is 0 Å². The molecule has 6 nitrogen and oxygen atoms in total. The predicted molar refractivity (Wildman–Crippen MR) is 90.3 cm³/mol. The van der Waals surface area contributed by atoms with E-state index in [4.69, 9.17) is 14.3 Å². The second kappa shape index (κ2) is 5.69. The molecule has 3 rings (SSSR count). The van der Waals surface area contributed by atoms with E-state index in [-0.39, 0.29) is 30.3 Å². The van der Waals surface area contributed by atoms with Gasteiger partial charge in [0.1, 0.15) is 0 Å².